The molecule has 0 unspecified atom stereocenters. The molecule has 0 N–H and O–H groups in total. The highest BCUT2D eigenvalue weighted by Crippen LogP contribution is 2.36. The number of rotatable bonds is 16. The summed E-state index contributed by atoms with van der Waals surface area (Å²) in [5.41, 5.74) is 0.682. The van der Waals surface area contributed by atoms with Crippen LogP contribution in [0.1, 0.15) is 107 Å². The van der Waals surface area contributed by atoms with Gasteiger partial charge in [-0.05, 0) is 44.8 Å². The number of carbonyl (C=O) groups is 1. The molecule has 35 heavy (non-hydrogen) atoms. The molecule has 0 heterocycles. The minimum Gasteiger partial charge on any atom is -0.462 e. The maximum atomic E-state index is 12.9. The van der Waals surface area contributed by atoms with Crippen molar-refractivity contribution in [1.82, 2.24) is 0 Å². The molecular weight excluding hydrogens is 428 g/mol. The lowest BCUT2D eigenvalue weighted by Crippen LogP contribution is -2.07. The normalized spacial score (nSPS) is 11.7. The summed E-state index contributed by atoms with van der Waals surface area (Å²) >= 11 is 0. The third-order valence-electron chi connectivity index (χ3n) is 7.48. The second-order valence-electron chi connectivity index (χ2n) is 10.2. The lowest BCUT2D eigenvalue weighted by atomic mass is 9.92. The molecule has 0 saturated heterocycles. The molecule has 0 amide bonds. The van der Waals surface area contributed by atoms with Gasteiger partial charge in [-0.3, -0.25) is 0 Å². The molecule has 186 valence electrons. The molecule has 0 spiro atoms. The van der Waals surface area contributed by atoms with Crippen molar-refractivity contribution in [1.29, 1.82) is 0 Å². The van der Waals surface area contributed by atoms with Gasteiger partial charge in [-0.2, -0.15) is 0 Å². The van der Waals surface area contributed by atoms with Crippen LogP contribution in [0.3, 0.4) is 0 Å². The van der Waals surface area contributed by atoms with Crippen LogP contribution in [0.15, 0.2) is 54.6 Å². The SMILES string of the molecule is CCCCCCCCCCCCCCCCOC(=O)c1ccc2ccc3cccc4ccc1c2c34. The van der Waals surface area contributed by atoms with Gasteiger partial charge < -0.3 is 4.74 Å². The van der Waals surface area contributed by atoms with E-state index < -0.39 is 0 Å². The second kappa shape index (κ2) is 13.5. The van der Waals surface area contributed by atoms with Crippen molar-refractivity contribution < 1.29 is 9.53 Å². The Morgan fingerprint density at radius 2 is 1.06 bits per heavy atom. The summed E-state index contributed by atoms with van der Waals surface area (Å²) in [5.74, 6) is -0.197. The van der Waals surface area contributed by atoms with Crippen LogP contribution in [0, 0.1) is 0 Å². The quantitative estimate of drug-likeness (QED) is 0.0924. The van der Waals surface area contributed by atoms with E-state index in [1.165, 1.54) is 104 Å². The van der Waals surface area contributed by atoms with E-state index in [1.807, 2.05) is 6.07 Å². The topological polar surface area (TPSA) is 26.3 Å². The van der Waals surface area contributed by atoms with Gasteiger partial charge >= 0.3 is 5.97 Å². The molecule has 0 aromatic heterocycles. The molecule has 4 aromatic carbocycles. The van der Waals surface area contributed by atoms with E-state index in [0.717, 1.165) is 18.2 Å². The fourth-order valence-electron chi connectivity index (χ4n) is 5.45. The van der Waals surface area contributed by atoms with Crippen LogP contribution < -0.4 is 0 Å². The van der Waals surface area contributed by atoms with Crippen molar-refractivity contribution in [2.45, 2.75) is 96.8 Å². The molecule has 0 fully saturated rings. The van der Waals surface area contributed by atoms with Crippen molar-refractivity contribution in [2.75, 3.05) is 6.61 Å². The highest BCUT2D eigenvalue weighted by molar-refractivity contribution is 6.25. The average molecular weight is 471 g/mol. The summed E-state index contributed by atoms with van der Waals surface area (Å²) in [5, 5.41) is 7.02. The summed E-state index contributed by atoms with van der Waals surface area (Å²) < 4.78 is 5.69. The Labute approximate surface area is 211 Å². The zero-order chi connectivity index (χ0) is 24.3. The van der Waals surface area contributed by atoms with Crippen molar-refractivity contribution in [3.63, 3.8) is 0 Å². The first-order valence-electron chi connectivity index (χ1n) is 14.1. The van der Waals surface area contributed by atoms with Crippen molar-refractivity contribution >= 4 is 38.3 Å². The van der Waals surface area contributed by atoms with Crippen LogP contribution in [-0.4, -0.2) is 12.6 Å². The molecule has 0 saturated carbocycles. The first kappa shape index (κ1) is 25.5. The van der Waals surface area contributed by atoms with Crippen LogP contribution in [0.4, 0.5) is 0 Å². The Kier molecular flexibility index (Phi) is 9.81. The Morgan fingerprint density at radius 3 is 1.66 bits per heavy atom. The molecule has 2 heteroatoms. The van der Waals surface area contributed by atoms with Gasteiger partial charge in [0.1, 0.15) is 0 Å². The second-order valence-corrected chi connectivity index (χ2v) is 10.2. The smallest absolute Gasteiger partial charge is 0.338 e. The van der Waals surface area contributed by atoms with Gasteiger partial charge in [-0.25, -0.2) is 4.79 Å². The largest absolute Gasteiger partial charge is 0.462 e. The monoisotopic (exact) mass is 470 g/mol. The summed E-state index contributed by atoms with van der Waals surface area (Å²) in [6, 6.07) is 18.9. The van der Waals surface area contributed by atoms with Gasteiger partial charge in [0.05, 0.1) is 12.2 Å². The number of carbonyl (C=O) groups excluding carboxylic acids is 1. The third-order valence-corrected chi connectivity index (χ3v) is 7.48. The van der Waals surface area contributed by atoms with Crippen molar-refractivity contribution in [3.05, 3.63) is 60.2 Å². The number of hydrogen-bond acceptors (Lipinski definition) is 2. The maximum absolute atomic E-state index is 12.9. The molecule has 0 aliphatic carbocycles. The number of ether oxygens (including phenoxy) is 1. The first-order valence-corrected chi connectivity index (χ1v) is 14.1. The summed E-state index contributed by atoms with van der Waals surface area (Å²) in [7, 11) is 0. The van der Waals surface area contributed by atoms with E-state index in [1.54, 1.807) is 0 Å². The van der Waals surface area contributed by atoms with Gasteiger partial charge in [0, 0.05) is 0 Å². The Morgan fingerprint density at radius 1 is 0.571 bits per heavy atom. The lowest BCUT2D eigenvalue weighted by molar-refractivity contribution is 0.0500. The van der Waals surface area contributed by atoms with Gasteiger partial charge in [0.2, 0.25) is 0 Å². The van der Waals surface area contributed by atoms with Gasteiger partial charge in [0.25, 0.3) is 0 Å². The molecule has 0 atom stereocenters. The van der Waals surface area contributed by atoms with Gasteiger partial charge in [-0.1, -0.05) is 139 Å². The van der Waals surface area contributed by atoms with E-state index in [0.29, 0.717) is 12.2 Å². The van der Waals surface area contributed by atoms with E-state index in [-0.39, 0.29) is 5.97 Å². The Balaban J connectivity index is 1.14. The predicted molar refractivity (Wildman–Crippen MR) is 151 cm³/mol. The molecule has 0 aliphatic heterocycles. The molecule has 0 bridgehead atoms. The molecule has 4 aromatic rings. The number of hydrogen-bond donors (Lipinski definition) is 0. The highest BCUT2D eigenvalue weighted by atomic mass is 16.5. The molecular formula is C33H42O2. The average Bonchev–Trinajstić information content (AvgIpc) is 2.89. The van der Waals surface area contributed by atoms with Crippen molar-refractivity contribution in [3.8, 4) is 0 Å². The fourth-order valence-corrected chi connectivity index (χ4v) is 5.45. The zero-order valence-electron chi connectivity index (χ0n) is 21.6. The highest BCUT2D eigenvalue weighted by Gasteiger charge is 2.15. The van der Waals surface area contributed by atoms with E-state index in [9.17, 15) is 4.79 Å². The molecule has 4 rings (SSSR count). The Hall–Kier alpha value is -2.61. The lowest BCUT2D eigenvalue weighted by Gasteiger charge is -2.13. The summed E-state index contributed by atoms with van der Waals surface area (Å²) in [6.07, 6.45) is 18.6. The Bertz CT molecular complexity index is 1180. The summed E-state index contributed by atoms with van der Waals surface area (Å²) in [6.45, 7) is 2.79. The minimum absolute atomic E-state index is 0.197. The number of benzene rings is 4. The van der Waals surface area contributed by atoms with Crippen LogP contribution in [0.25, 0.3) is 32.3 Å². The third kappa shape index (κ3) is 6.75. The van der Waals surface area contributed by atoms with E-state index >= 15 is 0 Å². The maximum Gasteiger partial charge on any atom is 0.338 e. The number of unbranched alkanes of at least 4 members (excludes halogenated alkanes) is 13. The molecule has 0 radical (unpaired) electrons. The fraction of sp³-hybridized carbons (Fsp3) is 0.485. The van der Waals surface area contributed by atoms with Crippen LogP contribution in [-0.2, 0) is 4.74 Å². The molecule has 2 nitrogen and oxygen atoms in total. The molecule has 0 aliphatic rings. The van der Waals surface area contributed by atoms with Crippen molar-refractivity contribution in [2.24, 2.45) is 0 Å². The number of esters is 1. The van der Waals surface area contributed by atoms with Gasteiger partial charge in [-0.15, -0.1) is 0 Å². The zero-order valence-corrected chi connectivity index (χ0v) is 21.6. The van der Waals surface area contributed by atoms with E-state index in [4.69, 9.17) is 4.74 Å². The van der Waals surface area contributed by atoms with E-state index in [2.05, 4.69) is 55.5 Å². The minimum atomic E-state index is -0.197. The predicted octanol–water partition coefficient (Wildman–Crippen LogP) is 10.2. The van der Waals surface area contributed by atoms with Crippen LogP contribution in [0.2, 0.25) is 0 Å². The van der Waals surface area contributed by atoms with Gasteiger partial charge in [0.15, 0.2) is 0 Å². The first-order chi connectivity index (χ1) is 17.3. The summed E-state index contributed by atoms with van der Waals surface area (Å²) in [4.78, 5) is 12.9. The van der Waals surface area contributed by atoms with Crippen LogP contribution >= 0.6 is 0 Å². The standard InChI is InChI=1S/C33H42O2/c1-2-3-4-5-6-7-8-9-10-11-12-13-14-15-25-35-33(34)30-24-22-28-20-19-26-17-16-18-27-21-23-29(30)32(28)31(26)27/h16-24H,2-15,25H2,1H3. The van der Waals surface area contributed by atoms with Crippen LogP contribution in [0.5, 0.6) is 0 Å².